The van der Waals surface area contributed by atoms with Gasteiger partial charge in [-0.1, -0.05) is 5.16 Å². The van der Waals surface area contributed by atoms with Crippen LogP contribution in [0.25, 0.3) is 0 Å². The molecule has 1 aromatic heterocycles. The Balaban J connectivity index is 1.48. The zero-order valence-corrected chi connectivity index (χ0v) is 13.3. The fraction of sp³-hybridized carbons (Fsp3) is 0.500. The SMILES string of the molecule is CC(Sc1ccc2c(c1)OCCCO2)c1nc(C2CC2)no1. The molecule has 1 aliphatic carbocycles. The number of hydrogen-bond acceptors (Lipinski definition) is 6. The zero-order valence-electron chi connectivity index (χ0n) is 12.4. The van der Waals surface area contributed by atoms with Crippen LogP contribution in [0.5, 0.6) is 11.5 Å². The number of rotatable bonds is 4. The van der Waals surface area contributed by atoms with E-state index in [2.05, 4.69) is 17.1 Å². The summed E-state index contributed by atoms with van der Waals surface area (Å²) < 4.78 is 16.8. The molecule has 2 aliphatic rings. The van der Waals surface area contributed by atoms with Crippen LogP contribution in [0.15, 0.2) is 27.6 Å². The molecule has 0 N–H and O–H groups in total. The molecule has 1 aromatic carbocycles. The highest BCUT2D eigenvalue weighted by Gasteiger charge is 2.29. The molecule has 1 fully saturated rings. The van der Waals surface area contributed by atoms with E-state index in [0.29, 0.717) is 25.0 Å². The monoisotopic (exact) mass is 318 g/mol. The quantitative estimate of drug-likeness (QED) is 0.795. The third kappa shape index (κ3) is 2.92. The van der Waals surface area contributed by atoms with Crippen LogP contribution >= 0.6 is 11.8 Å². The molecule has 2 heterocycles. The van der Waals surface area contributed by atoms with Crippen molar-refractivity contribution in [1.82, 2.24) is 10.1 Å². The number of ether oxygens (including phenoxy) is 2. The predicted molar refractivity (Wildman–Crippen MR) is 82.6 cm³/mol. The maximum absolute atomic E-state index is 5.73. The third-order valence-electron chi connectivity index (χ3n) is 3.78. The van der Waals surface area contributed by atoms with Crippen LogP contribution in [0.1, 0.15) is 49.1 Å². The van der Waals surface area contributed by atoms with Crippen molar-refractivity contribution in [1.29, 1.82) is 0 Å². The van der Waals surface area contributed by atoms with Crippen LogP contribution in [-0.2, 0) is 0 Å². The average molecular weight is 318 g/mol. The summed E-state index contributed by atoms with van der Waals surface area (Å²) in [4.78, 5) is 5.63. The lowest BCUT2D eigenvalue weighted by atomic mass is 10.3. The van der Waals surface area contributed by atoms with E-state index in [1.54, 1.807) is 11.8 Å². The number of hydrogen-bond donors (Lipinski definition) is 0. The first-order chi connectivity index (χ1) is 10.8. The van der Waals surface area contributed by atoms with Crippen molar-refractivity contribution in [3.05, 3.63) is 29.9 Å². The van der Waals surface area contributed by atoms with Gasteiger partial charge in [0.1, 0.15) is 0 Å². The topological polar surface area (TPSA) is 57.4 Å². The summed E-state index contributed by atoms with van der Waals surface area (Å²) in [6.45, 7) is 3.49. The smallest absolute Gasteiger partial charge is 0.239 e. The van der Waals surface area contributed by atoms with E-state index in [0.717, 1.165) is 28.6 Å². The molecule has 22 heavy (non-hydrogen) atoms. The predicted octanol–water partition coefficient (Wildman–Crippen LogP) is 3.96. The molecule has 2 aromatic rings. The van der Waals surface area contributed by atoms with Gasteiger partial charge in [-0.05, 0) is 38.0 Å². The van der Waals surface area contributed by atoms with Gasteiger partial charge in [0, 0.05) is 17.2 Å². The van der Waals surface area contributed by atoms with E-state index < -0.39 is 0 Å². The first-order valence-corrected chi connectivity index (χ1v) is 8.57. The van der Waals surface area contributed by atoms with Gasteiger partial charge in [0.25, 0.3) is 0 Å². The van der Waals surface area contributed by atoms with Crippen molar-refractivity contribution >= 4 is 11.8 Å². The minimum Gasteiger partial charge on any atom is -0.490 e. The van der Waals surface area contributed by atoms with E-state index in [1.807, 2.05) is 18.2 Å². The molecule has 1 aliphatic heterocycles. The lowest BCUT2D eigenvalue weighted by Crippen LogP contribution is -1.97. The van der Waals surface area contributed by atoms with Gasteiger partial charge >= 0.3 is 0 Å². The van der Waals surface area contributed by atoms with Gasteiger partial charge < -0.3 is 14.0 Å². The molecule has 5 nitrogen and oxygen atoms in total. The largest absolute Gasteiger partial charge is 0.490 e. The van der Waals surface area contributed by atoms with Crippen molar-refractivity contribution in [2.45, 2.75) is 42.2 Å². The molecule has 1 saturated carbocycles. The van der Waals surface area contributed by atoms with E-state index >= 15 is 0 Å². The van der Waals surface area contributed by atoms with Crippen LogP contribution < -0.4 is 9.47 Å². The highest BCUT2D eigenvalue weighted by Crippen LogP contribution is 2.41. The normalized spacial score (nSPS) is 18.8. The number of aromatic nitrogens is 2. The molecule has 4 rings (SSSR count). The van der Waals surface area contributed by atoms with Gasteiger partial charge in [-0.15, -0.1) is 11.8 Å². The van der Waals surface area contributed by atoms with E-state index in [4.69, 9.17) is 14.0 Å². The molecule has 0 radical (unpaired) electrons. The van der Waals surface area contributed by atoms with Gasteiger partial charge in [0.15, 0.2) is 17.3 Å². The Kier molecular flexibility index (Phi) is 3.70. The maximum Gasteiger partial charge on any atom is 0.239 e. The third-order valence-corrected chi connectivity index (χ3v) is 4.86. The van der Waals surface area contributed by atoms with Crippen molar-refractivity contribution in [3.63, 3.8) is 0 Å². The molecular weight excluding hydrogens is 300 g/mol. The number of benzene rings is 1. The molecule has 1 unspecified atom stereocenters. The summed E-state index contributed by atoms with van der Waals surface area (Å²) in [5.74, 6) is 3.72. The van der Waals surface area contributed by atoms with Gasteiger partial charge in [-0.3, -0.25) is 0 Å². The Labute approximate surface area is 133 Å². The average Bonchev–Trinajstić information content (AvgIpc) is 3.30. The van der Waals surface area contributed by atoms with Crippen molar-refractivity contribution in [2.24, 2.45) is 0 Å². The van der Waals surface area contributed by atoms with E-state index in [1.165, 1.54) is 12.8 Å². The molecular formula is C16H18N2O3S. The minimum atomic E-state index is 0.116. The van der Waals surface area contributed by atoms with E-state index in [-0.39, 0.29) is 5.25 Å². The fourth-order valence-electron chi connectivity index (χ4n) is 2.39. The minimum absolute atomic E-state index is 0.116. The van der Waals surface area contributed by atoms with Gasteiger partial charge in [0.05, 0.1) is 18.5 Å². The Morgan fingerprint density at radius 2 is 2.00 bits per heavy atom. The van der Waals surface area contributed by atoms with Crippen LogP contribution in [0.4, 0.5) is 0 Å². The second-order valence-electron chi connectivity index (χ2n) is 5.68. The van der Waals surface area contributed by atoms with Gasteiger partial charge in [-0.2, -0.15) is 4.98 Å². The highest BCUT2D eigenvalue weighted by molar-refractivity contribution is 7.99. The summed E-state index contributed by atoms with van der Waals surface area (Å²) in [6.07, 6.45) is 3.28. The van der Waals surface area contributed by atoms with Gasteiger partial charge in [0.2, 0.25) is 5.89 Å². The second kappa shape index (κ2) is 5.83. The molecule has 0 amide bonds. The molecule has 116 valence electrons. The second-order valence-corrected chi connectivity index (χ2v) is 7.10. The van der Waals surface area contributed by atoms with Crippen LogP contribution in [0.2, 0.25) is 0 Å². The summed E-state index contributed by atoms with van der Waals surface area (Å²) in [7, 11) is 0. The molecule has 0 spiro atoms. The van der Waals surface area contributed by atoms with Crippen molar-refractivity contribution in [2.75, 3.05) is 13.2 Å². The Morgan fingerprint density at radius 3 is 2.82 bits per heavy atom. The fourth-order valence-corrected chi connectivity index (χ4v) is 3.32. The number of nitrogens with zero attached hydrogens (tertiary/aromatic N) is 2. The molecule has 0 bridgehead atoms. The maximum atomic E-state index is 5.73. The summed E-state index contributed by atoms with van der Waals surface area (Å²) in [5, 5.41) is 4.19. The van der Waals surface area contributed by atoms with E-state index in [9.17, 15) is 0 Å². The molecule has 0 saturated heterocycles. The standard InChI is InChI=1S/C16H18N2O3S/c1-10(16-17-15(18-21-16)11-3-4-11)22-12-5-6-13-14(9-12)20-8-2-7-19-13/h5-6,9-11H,2-4,7-8H2,1H3. The Bertz CT molecular complexity index is 669. The van der Waals surface area contributed by atoms with Crippen LogP contribution in [0, 0.1) is 0 Å². The molecule has 1 atom stereocenters. The molecule has 6 heteroatoms. The van der Waals surface area contributed by atoms with Crippen LogP contribution in [0.3, 0.4) is 0 Å². The Morgan fingerprint density at radius 1 is 1.18 bits per heavy atom. The summed E-state index contributed by atoms with van der Waals surface area (Å²) in [6, 6.07) is 6.05. The lowest BCUT2D eigenvalue weighted by molar-refractivity contribution is 0.297. The van der Waals surface area contributed by atoms with Crippen molar-refractivity contribution < 1.29 is 14.0 Å². The summed E-state index contributed by atoms with van der Waals surface area (Å²) >= 11 is 1.69. The first-order valence-electron chi connectivity index (χ1n) is 7.69. The summed E-state index contributed by atoms with van der Waals surface area (Å²) in [5.41, 5.74) is 0. The lowest BCUT2D eigenvalue weighted by Gasteiger charge is -2.10. The highest BCUT2D eigenvalue weighted by atomic mass is 32.2. The van der Waals surface area contributed by atoms with Crippen molar-refractivity contribution in [3.8, 4) is 11.5 Å². The zero-order chi connectivity index (χ0) is 14.9. The number of thioether (sulfide) groups is 1. The van der Waals surface area contributed by atoms with Gasteiger partial charge in [-0.25, -0.2) is 0 Å². The first kappa shape index (κ1) is 13.9. The number of fused-ring (bicyclic) bond motifs is 1. The Hall–Kier alpha value is -1.69. The van der Waals surface area contributed by atoms with Crippen LogP contribution in [-0.4, -0.2) is 23.4 Å².